The first-order valence-electron chi connectivity index (χ1n) is 3.80. The minimum atomic E-state index is -1.03. The fourth-order valence-corrected chi connectivity index (χ4v) is 0.381. The van der Waals surface area contributed by atoms with Crippen LogP contribution in [0.1, 0.15) is 27.7 Å². The van der Waals surface area contributed by atoms with Gasteiger partial charge in [0.05, 0.1) is 5.60 Å². The molecular weight excluding hydrogens is 152 g/mol. The van der Waals surface area contributed by atoms with Crippen LogP contribution >= 0.6 is 0 Å². The summed E-state index contributed by atoms with van der Waals surface area (Å²) in [5.41, 5.74) is -1.63. The van der Waals surface area contributed by atoms with Crippen molar-refractivity contribution < 1.29 is 10.2 Å². The zero-order valence-corrected chi connectivity index (χ0v) is 8.10. The van der Waals surface area contributed by atoms with Gasteiger partial charge >= 0.3 is 0 Å². The lowest BCUT2D eigenvalue weighted by molar-refractivity contribution is 0.125. The van der Waals surface area contributed by atoms with E-state index >= 15 is 0 Å². The highest BCUT2D eigenvalue weighted by Gasteiger charge is 2.15. The first-order valence-corrected chi connectivity index (χ1v) is 3.80. The van der Waals surface area contributed by atoms with Gasteiger partial charge in [0.2, 0.25) is 0 Å². The number of rotatable bonds is 1. The highest BCUT2D eigenvalue weighted by Crippen LogP contribution is 2.12. The fourth-order valence-electron chi connectivity index (χ4n) is 0.381. The van der Waals surface area contributed by atoms with Crippen molar-refractivity contribution in [3.63, 3.8) is 0 Å². The summed E-state index contributed by atoms with van der Waals surface area (Å²) in [6, 6.07) is 0. The van der Waals surface area contributed by atoms with E-state index in [4.69, 9.17) is 0 Å². The van der Waals surface area contributed by atoms with E-state index in [0.717, 1.165) is 0 Å². The molecule has 0 atom stereocenters. The van der Waals surface area contributed by atoms with Gasteiger partial charge in [-0.3, -0.25) is 0 Å². The molecule has 0 radical (unpaired) electrons. The lowest BCUT2D eigenvalue weighted by atomic mass is 9.99. The maximum atomic E-state index is 9.40. The quantitative estimate of drug-likeness (QED) is 0.575. The van der Waals surface area contributed by atoms with Crippen LogP contribution in [0.2, 0.25) is 0 Å². The summed E-state index contributed by atoms with van der Waals surface area (Å²) in [4.78, 5) is 0. The Kier molecular flexibility index (Phi) is 3.09. The smallest absolute Gasteiger partial charge is 0.120 e. The molecule has 0 saturated carbocycles. The Hall–Kier alpha value is -0.780. The summed E-state index contributed by atoms with van der Waals surface area (Å²) < 4.78 is 0. The SMILES string of the molecule is C=C(C#CC(C)(C)O)C(C)(C)O. The Morgan fingerprint density at radius 3 is 1.83 bits per heavy atom. The van der Waals surface area contributed by atoms with Gasteiger partial charge in [0.15, 0.2) is 0 Å². The summed E-state index contributed by atoms with van der Waals surface area (Å²) in [6.45, 7) is 9.97. The molecule has 2 N–H and O–H groups in total. The van der Waals surface area contributed by atoms with Gasteiger partial charge in [-0.15, -0.1) is 0 Å². The van der Waals surface area contributed by atoms with Crippen LogP contribution < -0.4 is 0 Å². The van der Waals surface area contributed by atoms with Crippen LogP contribution in [0, 0.1) is 11.8 Å². The molecule has 0 rings (SSSR count). The third-order valence-corrected chi connectivity index (χ3v) is 1.26. The van der Waals surface area contributed by atoms with Crippen LogP contribution in [0.25, 0.3) is 0 Å². The van der Waals surface area contributed by atoms with Crippen molar-refractivity contribution in [2.24, 2.45) is 0 Å². The lowest BCUT2D eigenvalue weighted by Crippen LogP contribution is -2.21. The monoisotopic (exact) mass is 168 g/mol. The van der Waals surface area contributed by atoms with E-state index in [-0.39, 0.29) is 0 Å². The summed E-state index contributed by atoms with van der Waals surface area (Å²) >= 11 is 0. The van der Waals surface area contributed by atoms with Crippen LogP contribution in [0.15, 0.2) is 12.2 Å². The van der Waals surface area contributed by atoms with E-state index in [1.807, 2.05) is 0 Å². The van der Waals surface area contributed by atoms with Crippen LogP contribution in [-0.4, -0.2) is 21.4 Å². The molecule has 0 aromatic rings. The van der Waals surface area contributed by atoms with E-state index in [2.05, 4.69) is 18.4 Å². The van der Waals surface area contributed by atoms with Crippen LogP contribution in [-0.2, 0) is 0 Å². The van der Waals surface area contributed by atoms with E-state index < -0.39 is 11.2 Å². The predicted molar refractivity (Wildman–Crippen MR) is 49.5 cm³/mol. The van der Waals surface area contributed by atoms with Gasteiger partial charge < -0.3 is 10.2 Å². The van der Waals surface area contributed by atoms with Gasteiger partial charge in [-0.1, -0.05) is 18.4 Å². The number of hydrogen-bond acceptors (Lipinski definition) is 2. The average Bonchev–Trinajstić information content (AvgIpc) is 1.78. The van der Waals surface area contributed by atoms with Crippen molar-refractivity contribution in [2.75, 3.05) is 0 Å². The van der Waals surface area contributed by atoms with Gasteiger partial charge in [0.25, 0.3) is 0 Å². The standard InChI is InChI=1S/C10H16O2/c1-8(10(4,5)12)6-7-9(2,3)11/h11-12H,1H2,2-5H3. The van der Waals surface area contributed by atoms with Crippen molar-refractivity contribution in [1.82, 2.24) is 0 Å². The fraction of sp³-hybridized carbons (Fsp3) is 0.600. The van der Waals surface area contributed by atoms with Gasteiger partial charge in [-0.2, -0.15) is 0 Å². The summed E-state index contributed by atoms with van der Waals surface area (Å²) in [5, 5.41) is 18.6. The van der Waals surface area contributed by atoms with Crippen LogP contribution in [0.4, 0.5) is 0 Å². The first-order chi connectivity index (χ1) is 5.13. The molecule has 0 saturated heterocycles. The molecule has 68 valence electrons. The molecule has 0 unspecified atom stereocenters. The second-order valence-electron chi connectivity index (χ2n) is 3.85. The second kappa shape index (κ2) is 3.30. The van der Waals surface area contributed by atoms with Gasteiger partial charge in [-0.05, 0) is 27.7 Å². The summed E-state index contributed by atoms with van der Waals surface area (Å²) in [7, 11) is 0. The molecule has 0 aliphatic carbocycles. The van der Waals surface area contributed by atoms with Crippen molar-refractivity contribution in [3.05, 3.63) is 12.2 Å². The topological polar surface area (TPSA) is 40.5 Å². The van der Waals surface area contributed by atoms with Crippen molar-refractivity contribution in [2.45, 2.75) is 38.9 Å². The Morgan fingerprint density at radius 2 is 1.58 bits per heavy atom. The van der Waals surface area contributed by atoms with Crippen molar-refractivity contribution >= 4 is 0 Å². The summed E-state index contributed by atoms with van der Waals surface area (Å²) in [5.74, 6) is 5.19. The maximum absolute atomic E-state index is 9.40. The zero-order chi connectivity index (χ0) is 9.99. The normalized spacial score (nSPS) is 11.8. The van der Waals surface area contributed by atoms with E-state index in [1.165, 1.54) is 0 Å². The minimum Gasteiger partial charge on any atom is -0.385 e. The molecule has 0 aromatic carbocycles. The molecule has 12 heavy (non-hydrogen) atoms. The van der Waals surface area contributed by atoms with Crippen LogP contribution in [0.5, 0.6) is 0 Å². The summed E-state index contributed by atoms with van der Waals surface area (Å²) in [6.07, 6.45) is 0. The number of hydrogen-bond donors (Lipinski definition) is 2. The van der Waals surface area contributed by atoms with Crippen molar-refractivity contribution in [3.8, 4) is 11.8 Å². The van der Waals surface area contributed by atoms with Crippen LogP contribution in [0.3, 0.4) is 0 Å². The third-order valence-electron chi connectivity index (χ3n) is 1.26. The molecule has 0 aromatic heterocycles. The lowest BCUT2D eigenvalue weighted by Gasteiger charge is -2.16. The Morgan fingerprint density at radius 1 is 1.17 bits per heavy atom. The molecule has 0 aliphatic rings. The highest BCUT2D eigenvalue weighted by atomic mass is 16.3. The van der Waals surface area contributed by atoms with E-state index in [9.17, 15) is 10.2 Å². The molecule has 0 spiro atoms. The van der Waals surface area contributed by atoms with Crippen molar-refractivity contribution in [1.29, 1.82) is 0 Å². The minimum absolute atomic E-state index is 0.407. The predicted octanol–water partition coefficient (Wildman–Crippen LogP) is 1.09. The third kappa shape index (κ3) is 4.95. The first kappa shape index (κ1) is 11.2. The zero-order valence-electron chi connectivity index (χ0n) is 8.10. The van der Waals surface area contributed by atoms with Gasteiger partial charge in [0.1, 0.15) is 5.60 Å². The highest BCUT2D eigenvalue weighted by molar-refractivity contribution is 5.34. The Bertz CT molecular complexity index is 227. The molecule has 0 heterocycles. The molecule has 2 nitrogen and oxygen atoms in total. The largest absolute Gasteiger partial charge is 0.385 e. The average molecular weight is 168 g/mol. The Balaban J connectivity index is 4.46. The van der Waals surface area contributed by atoms with E-state index in [0.29, 0.717) is 5.57 Å². The maximum Gasteiger partial charge on any atom is 0.120 e. The molecule has 0 bridgehead atoms. The second-order valence-corrected chi connectivity index (χ2v) is 3.85. The molecule has 0 amide bonds. The van der Waals surface area contributed by atoms with Gasteiger partial charge in [-0.25, -0.2) is 0 Å². The Labute approximate surface area is 73.9 Å². The van der Waals surface area contributed by atoms with Gasteiger partial charge in [0, 0.05) is 5.57 Å². The molecule has 0 aliphatic heterocycles. The molecule has 2 heteroatoms. The number of aliphatic hydroxyl groups is 2. The molecular formula is C10H16O2. The van der Waals surface area contributed by atoms with E-state index in [1.54, 1.807) is 27.7 Å². The molecule has 0 fully saturated rings.